The second kappa shape index (κ2) is 8.00. The largest absolute Gasteiger partial charge is 0.471 e. The smallest absolute Gasteiger partial charge is 0.347 e. The number of carbonyl (C=O) groups excluding carboxylic acids is 2. The number of hydrogen-bond donors (Lipinski definition) is 3. The maximum absolute atomic E-state index is 12.5. The first-order valence-corrected chi connectivity index (χ1v) is 10.7. The lowest BCUT2D eigenvalue weighted by atomic mass is 9.95. The summed E-state index contributed by atoms with van der Waals surface area (Å²) >= 11 is 2.47. The van der Waals surface area contributed by atoms with Crippen LogP contribution in [0, 0.1) is 0 Å². The van der Waals surface area contributed by atoms with Crippen LogP contribution in [0.1, 0.15) is 28.9 Å². The minimum absolute atomic E-state index is 0.0762. The van der Waals surface area contributed by atoms with Gasteiger partial charge in [-0.05, 0) is 43.5 Å². The van der Waals surface area contributed by atoms with Crippen LogP contribution < -0.4 is 16.0 Å². The van der Waals surface area contributed by atoms with Gasteiger partial charge in [0.1, 0.15) is 0 Å². The standard InChI is InChI=1S/C19H18F3N3O2S2/c20-19(21,22)18(27)25-12-3-1-2-4-14(12)28-16-8-7-15(29-16)17(26)24-13-9-10-5-6-11(13)23-10/h1-4,7-8,10-11,13,23H,5-6,9H2,(H,24,26)(H,25,27)/t10-,11+,13-/m1/s1. The van der Waals surface area contributed by atoms with E-state index in [1.165, 1.54) is 29.2 Å². The van der Waals surface area contributed by atoms with Crippen LogP contribution in [-0.2, 0) is 4.79 Å². The molecule has 0 saturated carbocycles. The van der Waals surface area contributed by atoms with Gasteiger partial charge in [-0.3, -0.25) is 9.59 Å². The zero-order valence-electron chi connectivity index (χ0n) is 15.1. The highest BCUT2D eigenvalue weighted by atomic mass is 32.2. The van der Waals surface area contributed by atoms with E-state index in [2.05, 4.69) is 10.6 Å². The van der Waals surface area contributed by atoms with Gasteiger partial charge in [0.05, 0.1) is 14.8 Å². The van der Waals surface area contributed by atoms with Crippen LogP contribution in [0.15, 0.2) is 45.5 Å². The quantitative estimate of drug-likeness (QED) is 0.656. The van der Waals surface area contributed by atoms with Crippen molar-refractivity contribution in [3.05, 3.63) is 41.3 Å². The molecule has 0 spiro atoms. The van der Waals surface area contributed by atoms with Crippen LogP contribution in [0.4, 0.5) is 18.9 Å². The molecule has 154 valence electrons. The Balaban J connectivity index is 1.41. The summed E-state index contributed by atoms with van der Waals surface area (Å²) in [5.41, 5.74) is 0.0762. The molecule has 0 aliphatic carbocycles. The van der Waals surface area contributed by atoms with Crippen LogP contribution in [0.5, 0.6) is 0 Å². The van der Waals surface area contributed by atoms with Crippen molar-refractivity contribution in [2.75, 3.05) is 5.32 Å². The van der Waals surface area contributed by atoms with E-state index in [4.69, 9.17) is 0 Å². The lowest BCUT2D eigenvalue weighted by Gasteiger charge is -2.20. The first-order chi connectivity index (χ1) is 13.8. The molecule has 3 atom stereocenters. The minimum Gasteiger partial charge on any atom is -0.347 e. The highest BCUT2D eigenvalue weighted by molar-refractivity contribution is 8.01. The van der Waals surface area contributed by atoms with Gasteiger partial charge in [0.15, 0.2) is 0 Å². The molecule has 2 aromatic rings. The number of carbonyl (C=O) groups is 2. The summed E-state index contributed by atoms with van der Waals surface area (Å²) in [6.45, 7) is 0. The fraction of sp³-hybridized carbons (Fsp3) is 0.368. The summed E-state index contributed by atoms with van der Waals surface area (Å²) in [6.07, 6.45) is -1.79. The van der Waals surface area contributed by atoms with Gasteiger partial charge in [-0.1, -0.05) is 23.9 Å². The topological polar surface area (TPSA) is 70.2 Å². The van der Waals surface area contributed by atoms with E-state index in [1.807, 2.05) is 5.32 Å². The van der Waals surface area contributed by atoms with E-state index in [-0.39, 0.29) is 17.6 Å². The molecule has 1 aromatic carbocycles. The number of anilines is 1. The minimum atomic E-state index is -4.96. The van der Waals surface area contributed by atoms with Gasteiger partial charge >= 0.3 is 12.1 Å². The number of para-hydroxylation sites is 1. The van der Waals surface area contributed by atoms with Gasteiger partial charge in [0, 0.05) is 23.0 Å². The molecule has 29 heavy (non-hydrogen) atoms. The maximum Gasteiger partial charge on any atom is 0.471 e. The number of hydrogen-bond acceptors (Lipinski definition) is 5. The summed E-state index contributed by atoms with van der Waals surface area (Å²) in [6, 6.07) is 10.7. The van der Waals surface area contributed by atoms with Crippen molar-refractivity contribution in [2.45, 2.75) is 52.7 Å². The molecule has 3 heterocycles. The number of nitrogens with one attached hydrogen (secondary N) is 3. The summed E-state index contributed by atoms with van der Waals surface area (Å²) in [7, 11) is 0. The van der Waals surface area contributed by atoms with Crippen molar-refractivity contribution < 1.29 is 22.8 Å². The van der Waals surface area contributed by atoms with Crippen LogP contribution in [0.3, 0.4) is 0 Å². The van der Waals surface area contributed by atoms with E-state index in [1.54, 1.807) is 30.3 Å². The fourth-order valence-electron chi connectivity index (χ4n) is 3.68. The molecule has 5 nitrogen and oxygen atoms in total. The van der Waals surface area contributed by atoms with Gasteiger partial charge in [0.2, 0.25) is 0 Å². The fourth-order valence-corrected chi connectivity index (χ4v) is 5.76. The summed E-state index contributed by atoms with van der Waals surface area (Å²) in [5.74, 6) is -2.16. The number of alkyl halides is 3. The Morgan fingerprint density at radius 1 is 1.14 bits per heavy atom. The van der Waals surface area contributed by atoms with Crippen molar-refractivity contribution >= 4 is 40.6 Å². The lowest BCUT2D eigenvalue weighted by molar-refractivity contribution is -0.167. The molecule has 2 aliphatic rings. The molecule has 10 heteroatoms. The molecule has 2 fully saturated rings. The van der Waals surface area contributed by atoms with Crippen molar-refractivity contribution in [3.63, 3.8) is 0 Å². The normalized spacial score (nSPS) is 23.2. The SMILES string of the molecule is O=C(N[C@@H]1C[C@H]2CC[C@@H]1N2)c1ccc(Sc2ccccc2NC(=O)C(F)(F)F)s1. The Hall–Kier alpha value is -2.04. The third-order valence-corrected chi connectivity index (χ3v) is 7.32. The van der Waals surface area contributed by atoms with Crippen LogP contribution in [0.2, 0.25) is 0 Å². The zero-order chi connectivity index (χ0) is 20.6. The summed E-state index contributed by atoms with van der Waals surface area (Å²) in [4.78, 5) is 24.8. The summed E-state index contributed by atoms with van der Waals surface area (Å²) < 4.78 is 38.4. The lowest BCUT2D eigenvalue weighted by Crippen LogP contribution is -2.42. The average Bonchev–Trinajstić information content (AvgIpc) is 3.39. The molecule has 2 amide bonds. The van der Waals surface area contributed by atoms with Crippen molar-refractivity contribution in [1.29, 1.82) is 0 Å². The Bertz CT molecular complexity index is 931. The number of fused-ring (bicyclic) bond motifs is 2. The van der Waals surface area contributed by atoms with Crippen molar-refractivity contribution in [1.82, 2.24) is 10.6 Å². The molecular weight excluding hydrogens is 423 g/mol. The third kappa shape index (κ3) is 4.59. The number of thiophene rings is 1. The predicted molar refractivity (Wildman–Crippen MR) is 105 cm³/mol. The van der Waals surface area contributed by atoms with E-state index in [0.717, 1.165) is 23.5 Å². The monoisotopic (exact) mass is 441 g/mol. The molecular formula is C19H18F3N3O2S2. The van der Waals surface area contributed by atoms with Gasteiger partial charge in [0.25, 0.3) is 5.91 Å². The first-order valence-electron chi connectivity index (χ1n) is 9.11. The summed E-state index contributed by atoms with van der Waals surface area (Å²) in [5, 5.41) is 8.45. The number of benzene rings is 1. The zero-order valence-corrected chi connectivity index (χ0v) is 16.7. The molecule has 2 saturated heterocycles. The molecule has 3 N–H and O–H groups in total. The van der Waals surface area contributed by atoms with E-state index >= 15 is 0 Å². The number of amides is 2. The van der Waals surface area contributed by atoms with Crippen LogP contribution >= 0.6 is 23.1 Å². The maximum atomic E-state index is 12.5. The second-order valence-corrected chi connectivity index (χ2v) is 9.46. The molecule has 0 unspecified atom stereocenters. The van der Waals surface area contributed by atoms with Crippen LogP contribution in [0.25, 0.3) is 0 Å². The molecule has 2 bridgehead atoms. The van der Waals surface area contributed by atoms with E-state index in [9.17, 15) is 22.8 Å². The van der Waals surface area contributed by atoms with E-state index < -0.39 is 12.1 Å². The predicted octanol–water partition coefficient (Wildman–Crippen LogP) is 4.02. The molecule has 1 aromatic heterocycles. The Morgan fingerprint density at radius 2 is 1.93 bits per heavy atom. The second-order valence-electron chi connectivity index (χ2n) is 7.03. The highest BCUT2D eigenvalue weighted by Gasteiger charge is 2.40. The van der Waals surface area contributed by atoms with Gasteiger partial charge in [-0.25, -0.2) is 0 Å². The number of halogens is 3. The molecule has 2 aliphatic heterocycles. The first kappa shape index (κ1) is 20.2. The van der Waals surface area contributed by atoms with Crippen molar-refractivity contribution in [2.24, 2.45) is 0 Å². The number of rotatable bonds is 5. The average molecular weight is 442 g/mol. The Kier molecular flexibility index (Phi) is 5.58. The molecule has 4 rings (SSSR count). The van der Waals surface area contributed by atoms with Crippen molar-refractivity contribution in [3.8, 4) is 0 Å². The van der Waals surface area contributed by atoms with Gasteiger partial charge < -0.3 is 16.0 Å². The van der Waals surface area contributed by atoms with E-state index in [0.29, 0.717) is 21.9 Å². The molecule has 0 radical (unpaired) electrons. The Labute approximate surface area is 173 Å². The van der Waals surface area contributed by atoms with Gasteiger partial charge in [-0.2, -0.15) is 13.2 Å². The van der Waals surface area contributed by atoms with Crippen LogP contribution in [-0.4, -0.2) is 36.1 Å². The third-order valence-electron chi connectivity index (χ3n) is 5.02. The Morgan fingerprint density at radius 3 is 2.62 bits per heavy atom. The highest BCUT2D eigenvalue weighted by Crippen LogP contribution is 2.38. The van der Waals surface area contributed by atoms with Gasteiger partial charge in [-0.15, -0.1) is 11.3 Å².